The van der Waals surface area contributed by atoms with Gasteiger partial charge in [0.2, 0.25) is 0 Å². The fraction of sp³-hybridized carbons (Fsp3) is 0.304. The van der Waals surface area contributed by atoms with Crippen LogP contribution in [0.4, 0.5) is 5.69 Å². The molecule has 2 aromatic rings. The summed E-state index contributed by atoms with van der Waals surface area (Å²) in [5, 5.41) is 2.83. The lowest BCUT2D eigenvalue weighted by Gasteiger charge is -2.15. The molecule has 1 amide bonds. The lowest BCUT2D eigenvalue weighted by atomic mass is 10.1. The first-order valence-electron chi connectivity index (χ1n) is 9.59. The number of rotatable bonds is 5. The molecule has 152 valence electrons. The molecule has 0 aliphatic carbocycles. The molecule has 0 spiro atoms. The van der Waals surface area contributed by atoms with Crippen LogP contribution < -0.4 is 14.8 Å². The summed E-state index contributed by atoms with van der Waals surface area (Å²) in [4.78, 5) is 24.5. The molecule has 0 bridgehead atoms. The van der Waals surface area contributed by atoms with E-state index in [0.717, 1.165) is 28.8 Å². The predicted octanol–water partition coefficient (Wildman–Crippen LogP) is 4.05. The highest BCUT2D eigenvalue weighted by Gasteiger charge is 2.18. The number of carbonyl (C=O) groups excluding carboxylic acids is 2. The van der Waals surface area contributed by atoms with Crippen molar-refractivity contribution in [1.82, 2.24) is 0 Å². The quantitative estimate of drug-likeness (QED) is 0.611. The Morgan fingerprint density at radius 2 is 1.76 bits per heavy atom. The van der Waals surface area contributed by atoms with E-state index in [2.05, 4.69) is 5.32 Å². The number of aryl methyl sites for hydroxylation is 2. The van der Waals surface area contributed by atoms with Crippen LogP contribution in [0.1, 0.15) is 30.0 Å². The number of esters is 1. The van der Waals surface area contributed by atoms with Gasteiger partial charge in [0.25, 0.3) is 5.91 Å². The molecule has 1 atom stereocenters. The molecule has 1 N–H and O–H groups in total. The molecule has 0 radical (unpaired) electrons. The molecule has 1 aliphatic rings. The molecule has 6 heteroatoms. The number of hydrogen-bond donors (Lipinski definition) is 1. The SMILES string of the molecule is Cc1cccc(C)c1NC(=O)[C@H](C)OC(=O)/C=C/c1ccc2c(c1)OCCCO2. The van der Waals surface area contributed by atoms with Crippen molar-refractivity contribution in [3.8, 4) is 11.5 Å². The van der Waals surface area contributed by atoms with Gasteiger partial charge >= 0.3 is 5.97 Å². The Balaban J connectivity index is 1.58. The maximum Gasteiger partial charge on any atom is 0.331 e. The fourth-order valence-electron chi connectivity index (χ4n) is 2.95. The van der Waals surface area contributed by atoms with Crippen LogP contribution in [0.5, 0.6) is 11.5 Å². The van der Waals surface area contributed by atoms with E-state index in [1.807, 2.05) is 50.2 Å². The van der Waals surface area contributed by atoms with Crippen molar-refractivity contribution < 1.29 is 23.8 Å². The summed E-state index contributed by atoms with van der Waals surface area (Å²) in [6.45, 7) is 6.59. The minimum Gasteiger partial charge on any atom is -0.490 e. The zero-order valence-corrected chi connectivity index (χ0v) is 16.9. The van der Waals surface area contributed by atoms with Crippen molar-refractivity contribution in [2.24, 2.45) is 0 Å². The Kier molecular flexibility index (Phi) is 6.54. The van der Waals surface area contributed by atoms with Crippen LogP contribution >= 0.6 is 0 Å². The van der Waals surface area contributed by atoms with Crippen molar-refractivity contribution >= 4 is 23.6 Å². The zero-order valence-electron chi connectivity index (χ0n) is 16.9. The van der Waals surface area contributed by atoms with Crippen molar-refractivity contribution in [1.29, 1.82) is 0 Å². The van der Waals surface area contributed by atoms with Gasteiger partial charge in [0.1, 0.15) is 0 Å². The number of hydrogen-bond acceptors (Lipinski definition) is 5. The van der Waals surface area contributed by atoms with Gasteiger partial charge in [0, 0.05) is 18.2 Å². The second-order valence-electron chi connectivity index (χ2n) is 6.93. The average molecular weight is 395 g/mol. The minimum absolute atomic E-state index is 0.375. The van der Waals surface area contributed by atoms with Crippen LogP contribution in [0, 0.1) is 13.8 Å². The standard InChI is InChI=1S/C23H25NO5/c1-15-6-4-7-16(2)22(15)24-23(26)17(3)29-21(25)11-9-18-8-10-19-20(14-18)28-13-5-12-27-19/h4,6-11,14,17H,5,12-13H2,1-3H3,(H,24,26)/b11-9+/t17-/m0/s1. The molecule has 3 rings (SSSR count). The van der Waals surface area contributed by atoms with Gasteiger partial charge < -0.3 is 19.5 Å². The van der Waals surface area contributed by atoms with Gasteiger partial charge in [-0.15, -0.1) is 0 Å². The summed E-state index contributed by atoms with van der Waals surface area (Å²) in [7, 11) is 0. The van der Waals surface area contributed by atoms with Crippen LogP contribution in [-0.4, -0.2) is 31.2 Å². The van der Waals surface area contributed by atoms with Crippen molar-refractivity contribution in [2.45, 2.75) is 33.3 Å². The van der Waals surface area contributed by atoms with Gasteiger partial charge in [-0.25, -0.2) is 4.79 Å². The third-order valence-electron chi connectivity index (χ3n) is 4.57. The van der Waals surface area contributed by atoms with E-state index in [1.165, 1.54) is 6.08 Å². The van der Waals surface area contributed by atoms with Crippen LogP contribution in [0.3, 0.4) is 0 Å². The van der Waals surface area contributed by atoms with Crippen LogP contribution in [0.15, 0.2) is 42.5 Å². The van der Waals surface area contributed by atoms with Gasteiger partial charge in [-0.1, -0.05) is 24.3 Å². The number of carbonyl (C=O) groups is 2. The first-order chi connectivity index (χ1) is 13.9. The molecule has 1 aliphatic heterocycles. The molecule has 2 aromatic carbocycles. The van der Waals surface area contributed by atoms with Gasteiger partial charge in [0.15, 0.2) is 17.6 Å². The lowest BCUT2D eigenvalue weighted by molar-refractivity contribution is -0.148. The molecular formula is C23H25NO5. The van der Waals surface area contributed by atoms with Crippen molar-refractivity contribution in [2.75, 3.05) is 18.5 Å². The average Bonchev–Trinajstić information content (AvgIpc) is 2.94. The highest BCUT2D eigenvalue weighted by Crippen LogP contribution is 2.30. The summed E-state index contributed by atoms with van der Waals surface area (Å²) in [6, 6.07) is 11.2. The topological polar surface area (TPSA) is 73.9 Å². The molecule has 0 aromatic heterocycles. The maximum absolute atomic E-state index is 12.4. The molecule has 0 unspecified atom stereocenters. The zero-order chi connectivity index (χ0) is 20.8. The molecular weight excluding hydrogens is 370 g/mol. The Morgan fingerprint density at radius 1 is 1.07 bits per heavy atom. The second-order valence-corrected chi connectivity index (χ2v) is 6.93. The number of anilines is 1. The number of para-hydroxylation sites is 1. The van der Waals surface area contributed by atoms with E-state index in [0.29, 0.717) is 24.7 Å². The van der Waals surface area contributed by atoms with E-state index in [1.54, 1.807) is 13.0 Å². The van der Waals surface area contributed by atoms with E-state index < -0.39 is 12.1 Å². The summed E-state index contributed by atoms with van der Waals surface area (Å²) < 4.78 is 16.5. The molecule has 6 nitrogen and oxygen atoms in total. The summed E-state index contributed by atoms with van der Waals surface area (Å²) in [5.41, 5.74) is 3.42. The van der Waals surface area contributed by atoms with Gasteiger partial charge in [-0.05, 0) is 55.7 Å². The lowest BCUT2D eigenvalue weighted by Crippen LogP contribution is -2.30. The fourth-order valence-corrected chi connectivity index (χ4v) is 2.95. The van der Waals surface area contributed by atoms with Gasteiger partial charge in [0.05, 0.1) is 13.2 Å². The molecule has 0 fully saturated rings. The van der Waals surface area contributed by atoms with Crippen LogP contribution in [-0.2, 0) is 14.3 Å². The summed E-state index contributed by atoms with van der Waals surface area (Å²) in [5.74, 6) is 0.374. The molecule has 1 heterocycles. The van der Waals surface area contributed by atoms with Crippen LogP contribution in [0.25, 0.3) is 6.08 Å². The third kappa shape index (κ3) is 5.38. The van der Waals surface area contributed by atoms with E-state index >= 15 is 0 Å². The Morgan fingerprint density at radius 3 is 2.48 bits per heavy atom. The number of nitrogens with one attached hydrogen (secondary N) is 1. The molecule has 29 heavy (non-hydrogen) atoms. The maximum atomic E-state index is 12.4. The highest BCUT2D eigenvalue weighted by molar-refractivity contribution is 5.97. The van der Waals surface area contributed by atoms with Gasteiger partial charge in [-0.3, -0.25) is 4.79 Å². The third-order valence-corrected chi connectivity index (χ3v) is 4.57. The highest BCUT2D eigenvalue weighted by atomic mass is 16.5. The second kappa shape index (κ2) is 9.28. The van der Waals surface area contributed by atoms with Crippen molar-refractivity contribution in [3.63, 3.8) is 0 Å². The largest absolute Gasteiger partial charge is 0.490 e. The van der Waals surface area contributed by atoms with E-state index in [-0.39, 0.29) is 5.91 Å². The first-order valence-corrected chi connectivity index (χ1v) is 9.59. The number of benzene rings is 2. The minimum atomic E-state index is -0.921. The summed E-state index contributed by atoms with van der Waals surface area (Å²) >= 11 is 0. The number of amides is 1. The Labute approximate surface area is 170 Å². The molecule has 0 saturated carbocycles. The van der Waals surface area contributed by atoms with Crippen LogP contribution in [0.2, 0.25) is 0 Å². The number of ether oxygens (including phenoxy) is 3. The Bertz CT molecular complexity index is 915. The predicted molar refractivity (Wildman–Crippen MR) is 111 cm³/mol. The normalized spacial score (nSPS) is 14.2. The smallest absolute Gasteiger partial charge is 0.331 e. The summed E-state index contributed by atoms with van der Waals surface area (Å²) in [6.07, 6.45) is 2.82. The number of fused-ring (bicyclic) bond motifs is 1. The molecule has 0 saturated heterocycles. The van der Waals surface area contributed by atoms with Gasteiger partial charge in [-0.2, -0.15) is 0 Å². The monoisotopic (exact) mass is 395 g/mol. The first kappa shape index (κ1) is 20.5. The Hall–Kier alpha value is -3.28. The van der Waals surface area contributed by atoms with E-state index in [4.69, 9.17) is 14.2 Å². The van der Waals surface area contributed by atoms with Crippen molar-refractivity contribution in [3.05, 3.63) is 59.2 Å². The van der Waals surface area contributed by atoms with E-state index in [9.17, 15) is 9.59 Å².